The van der Waals surface area contributed by atoms with Crippen LogP contribution in [0.1, 0.15) is 23.0 Å². The van der Waals surface area contributed by atoms with E-state index in [2.05, 4.69) is 15.5 Å². The van der Waals surface area contributed by atoms with E-state index in [9.17, 15) is 4.79 Å². The van der Waals surface area contributed by atoms with Gasteiger partial charge in [0.1, 0.15) is 0 Å². The number of nitrogen functional groups attached to an aromatic ring is 1. The first-order valence-corrected chi connectivity index (χ1v) is 5.58. The second-order valence-corrected chi connectivity index (χ2v) is 3.93. The Kier molecular flexibility index (Phi) is 3.52. The maximum Gasteiger partial charge on any atom is 0.161 e. The SMILES string of the molecule is CC(=O)c1cc(NCc2cccnn2)ccc1N. The van der Waals surface area contributed by atoms with Crippen LogP contribution in [0.15, 0.2) is 36.5 Å². The first kappa shape index (κ1) is 12.0. The molecule has 18 heavy (non-hydrogen) atoms. The van der Waals surface area contributed by atoms with Crippen LogP contribution in [0.25, 0.3) is 0 Å². The second-order valence-electron chi connectivity index (χ2n) is 3.93. The molecule has 1 aromatic heterocycles. The van der Waals surface area contributed by atoms with Crippen LogP contribution in [0.2, 0.25) is 0 Å². The number of nitrogens with zero attached hydrogens (tertiary/aromatic N) is 2. The van der Waals surface area contributed by atoms with Crippen LogP contribution < -0.4 is 11.1 Å². The largest absolute Gasteiger partial charge is 0.398 e. The average Bonchev–Trinajstić information content (AvgIpc) is 2.38. The van der Waals surface area contributed by atoms with Crippen molar-refractivity contribution < 1.29 is 4.79 Å². The summed E-state index contributed by atoms with van der Waals surface area (Å²) in [7, 11) is 0. The summed E-state index contributed by atoms with van der Waals surface area (Å²) >= 11 is 0. The Morgan fingerprint density at radius 3 is 2.89 bits per heavy atom. The van der Waals surface area contributed by atoms with Crippen molar-refractivity contribution in [1.82, 2.24) is 10.2 Å². The molecule has 0 aliphatic carbocycles. The summed E-state index contributed by atoms with van der Waals surface area (Å²) in [6.07, 6.45) is 1.63. The van der Waals surface area contributed by atoms with Crippen molar-refractivity contribution in [3.63, 3.8) is 0 Å². The van der Waals surface area contributed by atoms with Crippen LogP contribution in [-0.2, 0) is 6.54 Å². The third-order valence-electron chi connectivity index (χ3n) is 2.53. The fourth-order valence-corrected chi connectivity index (χ4v) is 1.59. The van der Waals surface area contributed by atoms with Gasteiger partial charge in [0.05, 0.1) is 12.2 Å². The molecule has 2 rings (SSSR count). The highest BCUT2D eigenvalue weighted by atomic mass is 16.1. The minimum absolute atomic E-state index is 0.0457. The number of hydrogen-bond acceptors (Lipinski definition) is 5. The third kappa shape index (κ3) is 2.82. The zero-order valence-corrected chi connectivity index (χ0v) is 10.1. The van der Waals surface area contributed by atoms with Crippen LogP contribution in [0.4, 0.5) is 11.4 Å². The fraction of sp³-hybridized carbons (Fsp3) is 0.154. The zero-order valence-electron chi connectivity index (χ0n) is 10.1. The van der Waals surface area contributed by atoms with Gasteiger partial charge in [-0.05, 0) is 37.3 Å². The second kappa shape index (κ2) is 5.27. The number of hydrogen-bond donors (Lipinski definition) is 2. The highest BCUT2D eigenvalue weighted by Gasteiger charge is 2.05. The maximum atomic E-state index is 11.4. The smallest absolute Gasteiger partial charge is 0.161 e. The van der Waals surface area contributed by atoms with Crippen molar-refractivity contribution in [2.75, 3.05) is 11.1 Å². The predicted octanol–water partition coefficient (Wildman–Crippen LogP) is 1.87. The van der Waals surface area contributed by atoms with Gasteiger partial charge in [-0.15, -0.1) is 0 Å². The number of rotatable bonds is 4. The quantitative estimate of drug-likeness (QED) is 0.632. The summed E-state index contributed by atoms with van der Waals surface area (Å²) in [6.45, 7) is 2.05. The van der Waals surface area contributed by atoms with Crippen molar-refractivity contribution >= 4 is 17.2 Å². The van der Waals surface area contributed by atoms with Gasteiger partial charge in [0.25, 0.3) is 0 Å². The summed E-state index contributed by atoms with van der Waals surface area (Å²) in [6, 6.07) is 9.00. The molecule has 0 atom stereocenters. The fourth-order valence-electron chi connectivity index (χ4n) is 1.59. The summed E-state index contributed by atoms with van der Waals surface area (Å²) in [5.74, 6) is -0.0457. The van der Waals surface area contributed by atoms with E-state index in [1.807, 2.05) is 18.2 Å². The number of Topliss-reactive ketones (excluding diaryl/α,β-unsaturated/α-hetero) is 1. The van der Waals surface area contributed by atoms with E-state index < -0.39 is 0 Å². The molecule has 1 aromatic carbocycles. The third-order valence-corrected chi connectivity index (χ3v) is 2.53. The standard InChI is InChI=1S/C13H14N4O/c1-9(18)12-7-10(4-5-13(12)14)15-8-11-3-2-6-16-17-11/h2-7,15H,8,14H2,1H3. The van der Waals surface area contributed by atoms with E-state index in [0.717, 1.165) is 11.4 Å². The van der Waals surface area contributed by atoms with E-state index in [4.69, 9.17) is 5.73 Å². The normalized spacial score (nSPS) is 10.1. The van der Waals surface area contributed by atoms with Gasteiger partial charge in [0.15, 0.2) is 5.78 Å². The first-order valence-electron chi connectivity index (χ1n) is 5.58. The minimum atomic E-state index is -0.0457. The number of nitrogens with one attached hydrogen (secondary N) is 1. The van der Waals surface area contributed by atoms with Gasteiger partial charge in [-0.2, -0.15) is 10.2 Å². The molecule has 5 heteroatoms. The van der Waals surface area contributed by atoms with Crippen molar-refractivity contribution in [3.8, 4) is 0 Å². The summed E-state index contributed by atoms with van der Waals surface area (Å²) in [4.78, 5) is 11.4. The molecule has 3 N–H and O–H groups in total. The van der Waals surface area contributed by atoms with E-state index in [-0.39, 0.29) is 5.78 Å². The molecular formula is C13H14N4O. The molecule has 5 nitrogen and oxygen atoms in total. The van der Waals surface area contributed by atoms with Crippen LogP contribution in [0.3, 0.4) is 0 Å². The number of nitrogens with two attached hydrogens (primary N) is 1. The predicted molar refractivity (Wildman–Crippen MR) is 70.2 cm³/mol. The van der Waals surface area contributed by atoms with Gasteiger partial charge in [-0.3, -0.25) is 4.79 Å². The average molecular weight is 242 g/mol. The lowest BCUT2D eigenvalue weighted by molar-refractivity contribution is 0.101. The molecule has 0 saturated heterocycles. The lowest BCUT2D eigenvalue weighted by Crippen LogP contribution is -2.05. The Hall–Kier alpha value is -2.43. The Bertz CT molecular complexity index is 554. The number of ketones is 1. The number of carbonyl (C=O) groups is 1. The van der Waals surface area contributed by atoms with Crippen LogP contribution in [0, 0.1) is 0 Å². The highest BCUT2D eigenvalue weighted by molar-refractivity contribution is 5.99. The molecule has 0 amide bonds. The molecule has 0 saturated carbocycles. The molecule has 0 spiro atoms. The molecule has 0 bridgehead atoms. The molecular weight excluding hydrogens is 228 g/mol. The Morgan fingerprint density at radius 2 is 2.22 bits per heavy atom. The number of carbonyl (C=O) groups excluding carboxylic acids is 1. The van der Waals surface area contributed by atoms with Gasteiger partial charge in [-0.1, -0.05) is 0 Å². The van der Waals surface area contributed by atoms with Crippen molar-refractivity contribution in [1.29, 1.82) is 0 Å². The molecule has 0 unspecified atom stereocenters. The monoisotopic (exact) mass is 242 g/mol. The Labute approximate surface area is 105 Å². The summed E-state index contributed by atoms with van der Waals surface area (Å²) in [5, 5.41) is 10.9. The Morgan fingerprint density at radius 1 is 1.39 bits per heavy atom. The van der Waals surface area contributed by atoms with E-state index in [0.29, 0.717) is 17.8 Å². The zero-order chi connectivity index (χ0) is 13.0. The Balaban J connectivity index is 2.11. The molecule has 92 valence electrons. The van der Waals surface area contributed by atoms with Gasteiger partial charge >= 0.3 is 0 Å². The summed E-state index contributed by atoms with van der Waals surface area (Å²) < 4.78 is 0. The minimum Gasteiger partial charge on any atom is -0.398 e. The molecule has 0 fully saturated rings. The van der Waals surface area contributed by atoms with Gasteiger partial charge in [-0.25, -0.2) is 0 Å². The molecule has 2 aromatic rings. The van der Waals surface area contributed by atoms with E-state index >= 15 is 0 Å². The molecule has 0 radical (unpaired) electrons. The molecule has 1 heterocycles. The van der Waals surface area contributed by atoms with Gasteiger partial charge in [0, 0.05) is 23.1 Å². The lowest BCUT2D eigenvalue weighted by atomic mass is 10.1. The van der Waals surface area contributed by atoms with E-state index in [1.165, 1.54) is 6.92 Å². The van der Waals surface area contributed by atoms with Gasteiger partial charge < -0.3 is 11.1 Å². The van der Waals surface area contributed by atoms with Crippen molar-refractivity contribution in [2.45, 2.75) is 13.5 Å². The van der Waals surface area contributed by atoms with Crippen LogP contribution in [0.5, 0.6) is 0 Å². The highest BCUT2D eigenvalue weighted by Crippen LogP contribution is 2.18. The summed E-state index contributed by atoms with van der Waals surface area (Å²) in [5.41, 5.74) is 8.41. The molecule has 0 aliphatic rings. The molecule has 0 aliphatic heterocycles. The number of benzene rings is 1. The first-order chi connectivity index (χ1) is 8.66. The van der Waals surface area contributed by atoms with Crippen molar-refractivity contribution in [3.05, 3.63) is 47.8 Å². The van der Waals surface area contributed by atoms with Gasteiger partial charge in [0.2, 0.25) is 0 Å². The number of aromatic nitrogens is 2. The van der Waals surface area contributed by atoms with E-state index in [1.54, 1.807) is 18.3 Å². The van der Waals surface area contributed by atoms with Crippen LogP contribution >= 0.6 is 0 Å². The topological polar surface area (TPSA) is 80.9 Å². The maximum absolute atomic E-state index is 11.4. The van der Waals surface area contributed by atoms with Crippen molar-refractivity contribution in [2.24, 2.45) is 0 Å². The lowest BCUT2D eigenvalue weighted by Gasteiger charge is -2.08. The van der Waals surface area contributed by atoms with Crippen LogP contribution in [-0.4, -0.2) is 16.0 Å². The number of anilines is 2.